The molecule has 14 heavy (non-hydrogen) atoms. The van der Waals surface area contributed by atoms with Gasteiger partial charge in [-0.3, -0.25) is 4.99 Å². The van der Waals surface area contributed by atoms with Gasteiger partial charge in [-0.2, -0.15) is 11.8 Å². The molecule has 1 atom stereocenters. The normalized spacial score (nSPS) is 22.0. The van der Waals surface area contributed by atoms with Crippen molar-refractivity contribution in [3.8, 4) is 0 Å². The minimum atomic E-state index is 0.669. The van der Waals surface area contributed by atoms with Gasteiger partial charge in [-0.05, 0) is 32.2 Å². The molecule has 1 rings (SSSR count). The van der Waals surface area contributed by atoms with Crippen LogP contribution >= 0.6 is 11.8 Å². The Hall–Kier alpha value is -0.700. The highest BCUT2D eigenvalue weighted by Crippen LogP contribution is 2.34. The Balaban J connectivity index is 2.86. The fraction of sp³-hybridized carbons (Fsp3) is 0.545. The van der Waals surface area contributed by atoms with Crippen LogP contribution in [0.1, 0.15) is 19.3 Å². The summed E-state index contributed by atoms with van der Waals surface area (Å²) >= 11 is 1.90. The van der Waals surface area contributed by atoms with Crippen LogP contribution in [0.4, 0.5) is 0 Å². The summed E-state index contributed by atoms with van der Waals surface area (Å²) in [6.45, 7) is 7.48. The second kappa shape index (κ2) is 5.25. The van der Waals surface area contributed by atoms with Gasteiger partial charge < -0.3 is 4.74 Å². The maximum Gasteiger partial charge on any atom is 0.116 e. The first-order valence-electron chi connectivity index (χ1n) is 4.67. The van der Waals surface area contributed by atoms with Gasteiger partial charge in [0.1, 0.15) is 5.76 Å². The number of nitrogens with zero attached hydrogens (tertiary/aromatic N) is 1. The van der Waals surface area contributed by atoms with Crippen LogP contribution in [0.2, 0.25) is 0 Å². The van der Waals surface area contributed by atoms with Crippen LogP contribution in [0.3, 0.4) is 0 Å². The highest BCUT2D eigenvalue weighted by molar-refractivity contribution is 7.99. The van der Waals surface area contributed by atoms with Crippen molar-refractivity contribution >= 4 is 18.5 Å². The van der Waals surface area contributed by atoms with E-state index in [1.54, 1.807) is 7.11 Å². The van der Waals surface area contributed by atoms with E-state index in [9.17, 15) is 0 Å². The van der Waals surface area contributed by atoms with Crippen LogP contribution in [-0.2, 0) is 4.74 Å². The van der Waals surface area contributed by atoms with E-state index >= 15 is 0 Å². The summed E-state index contributed by atoms with van der Waals surface area (Å²) in [6, 6.07) is 0. The molecule has 2 nitrogen and oxygen atoms in total. The summed E-state index contributed by atoms with van der Waals surface area (Å²) in [5.74, 6) is 0.742. The zero-order valence-electron chi connectivity index (χ0n) is 8.88. The van der Waals surface area contributed by atoms with Crippen LogP contribution in [0.5, 0.6) is 0 Å². The van der Waals surface area contributed by atoms with Gasteiger partial charge >= 0.3 is 0 Å². The Kier molecular flexibility index (Phi) is 4.26. The minimum absolute atomic E-state index is 0.669. The number of ether oxygens (including phenoxy) is 1. The van der Waals surface area contributed by atoms with Crippen LogP contribution in [0.15, 0.2) is 28.6 Å². The molecule has 0 aromatic carbocycles. The lowest BCUT2D eigenvalue weighted by Gasteiger charge is -2.24. The van der Waals surface area contributed by atoms with Crippen LogP contribution in [0, 0.1) is 0 Å². The lowest BCUT2D eigenvalue weighted by Crippen LogP contribution is -2.13. The molecule has 0 saturated heterocycles. The number of thioether (sulfide) groups is 1. The van der Waals surface area contributed by atoms with Crippen molar-refractivity contribution in [2.75, 3.05) is 13.4 Å². The molecule has 0 fully saturated rings. The monoisotopic (exact) mass is 211 g/mol. The Morgan fingerprint density at radius 2 is 2.36 bits per heavy atom. The molecule has 0 saturated carbocycles. The quantitative estimate of drug-likeness (QED) is 0.526. The fourth-order valence-corrected chi connectivity index (χ4v) is 2.36. The van der Waals surface area contributed by atoms with E-state index in [1.165, 1.54) is 6.42 Å². The number of hydrogen-bond donors (Lipinski definition) is 0. The predicted molar refractivity (Wildman–Crippen MR) is 63.9 cm³/mol. The summed E-state index contributed by atoms with van der Waals surface area (Å²) in [6.07, 6.45) is 5.31. The zero-order chi connectivity index (χ0) is 10.6. The maximum absolute atomic E-state index is 5.17. The number of aliphatic imine (C=N–C) groups is 1. The lowest BCUT2D eigenvalue weighted by atomic mass is 9.95. The average Bonchev–Trinajstić information content (AvgIpc) is 2.27. The molecule has 0 N–H and O–H groups in total. The topological polar surface area (TPSA) is 21.6 Å². The maximum atomic E-state index is 5.17. The molecule has 1 aliphatic carbocycles. The smallest absolute Gasteiger partial charge is 0.116 e. The molecule has 0 aromatic heterocycles. The molecule has 1 aliphatic rings. The first kappa shape index (κ1) is 11.4. The van der Waals surface area contributed by atoms with Gasteiger partial charge in [-0.1, -0.05) is 6.58 Å². The highest BCUT2D eigenvalue weighted by atomic mass is 32.2. The molecule has 3 heteroatoms. The van der Waals surface area contributed by atoms with E-state index in [0.717, 1.165) is 29.9 Å². The summed E-state index contributed by atoms with van der Waals surface area (Å²) in [5, 5.41) is 0.669. The van der Waals surface area contributed by atoms with Crippen molar-refractivity contribution in [1.29, 1.82) is 0 Å². The Bertz CT molecular complexity index is 270. The molecular weight excluding hydrogens is 194 g/mol. The van der Waals surface area contributed by atoms with Crippen LogP contribution in [-0.4, -0.2) is 25.3 Å². The third kappa shape index (κ3) is 2.41. The predicted octanol–water partition coefficient (Wildman–Crippen LogP) is 3.02. The summed E-state index contributed by atoms with van der Waals surface area (Å²) < 4.78 is 5.17. The first-order chi connectivity index (χ1) is 6.72. The fourth-order valence-electron chi connectivity index (χ4n) is 1.67. The van der Waals surface area contributed by atoms with E-state index < -0.39 is 0 Å². The molecule has 0 radical (unpaired) electrons. The van der Waals surface area contributed by atoms with E-state index in [4.69, 9.17) is 4.74 Å². The van der Waals surface area contributed by atoms with Gasteiger partial charge in [-0.25, -0.2) is 0 Å². The summed E-state index contributed by atoms with van der Waals surface area (Å²) in [5.41, 5.74) is 2.20. The van der Waals surface area contributed by atoms with Crippen LogP contribution < -0.4 is 0 Å². The largest absolute Gasteiger partial charge is 0.497 e. The van der Waals surface area contributed by atoms with Crippen molar-refractivity contribution in [3.05, 3.63) is 23.6 Å². The Labute approximate surface area is 90.1 Å². The van der Waals surface area contributed by atoms with Gasteiger partial charge in [0.05, 0.1) is 7.11 Å². The third-order valence-corrected chi connectivity index (χ3v) is 3.66. The molecule has 1 unspecified atom stereocenters. The van der Waals surface area contributed by atoms with E-state index in [2.05, 4.69) is 24.5 Å². The second-order valence-electron chi connectivity index (χ2n) is 3.31. The molecule has 0 bridgehead atoms. The number of allylic oxidation sites excluding steroid dienone is 2. The number of hydrogen-bond acceptors (Lipinski definition) is 3. The minimum Gasteiger partial charge on any atom is -0.497 e. The van der Waals surface area contributed by atoms with Gasteiger partial charge in [-0.15, -0.1) is 0 Å². The molecular formula is C11H17NOS. The summed E-state index contributed by atoms with van der Waals surface area (Å²) in [7, 11) is 1.65. The van der Waals surface area contributed by atoms with Crippen molar-refractivity contribution in [2.24, 2.45) is 4.99 Å². The highest BCUT2D eigenvalue weighted by Gasteiger charge is 2.21. The number of methoxy groups -OCH3 is 1. The van der Waals surface area contributed by atoms with Crippen molar-refractivity contribution in [1.82, 2.24) is 0 Å². The van der Waals surface area contributed by atoms with Gasteiger partial charge in [0, 0.05) is 16.5 Å². The third-order valence-electron chi connectivity index (χ3n) is 2.59. The molecule has 0 aliphatic heterocycles. The van der Waals surface area contributed by atoms with Crippen LogP contribution in [0.25, 0.3) is 0 Å². The molecule has 0 amide bonds. The summed E-state index contributed by atoms with van der Waals surface area (Å²) in [4.78, 5) is 4.05. The van der Waals surface area contributed by atoms with Gasteiger partial charge in [0.15, 0.2) is 0 Å². The van der Waals surface area contributed by atoms with E-state index in [0.29, 0.717) is 5.25 Å². The lowest BCUT2D eigenvalue weighted by molar-refractivity contribution is 0.297. The van der Waals surface area contributed by atoms with Gasteiger partial charge in [0.25, 0.3) is 0 Å². The van der Waals surface area contributed by atoms with E-state index in [1.807, 2.05) is 11.8 Å². The van der Waals surface area contributed by atoms with Gasteiger partial charge in [0.2, 0.25) is 0 Å². The molecule has 0 heterocycles. The zero-order valence-corrected chi connectivity index (χ0v) is 9.69. The first-order valence-corrected chi connectivity index (χ1v) is 5.96. The molecule has 78 valence electrons. The second-order valence-corrected chi connectivity index (χ2v) is 4.45. The van der Waals surface area contributed by atoms with Crippen molar-refractivity contribution in [3.63, 3.8) is 0 Å². The standard InChI is InChI=1S/C11H17NOS/c1-8(13-3)10-7-9(14-4)5-6-11(10)12-2/h9H,1-2,5-7H2,3-4H3. The number of rotatable bonds is 4. The Morgan fingerprint density at radius 3 is 2.86 bits per heavy atom. The van der Waals surface area contributed by atoms with Crippen molar-refractivity contribution < 1.29 is 4.74 Å². The SMILES string of the molecule is C=NC1=C(C(=C)OC)CC(SC)CC1. The molecule has 0 aromatic rings. The average molecular weight is 211 g/mol. The van der Waals surface area contributed by atoms with E-state index in [-0.39, 0.29) is 0 Å². The Morgan fingerprint density at radius 1 is 1.64 bits per heavy atom. The van der Waals surface area contributed by atoms with Crippen molar-refractivity contribution in [2.45, 2.75) is 24.5 Å². The molecule has 0 spiro atoms.